The van der Waals surface area contributed by atoms with Gasteiger partial charge in [-0.3, -0.25) is 20.4 Å². The molecule has 0 fully saturated rings. The molecule has 2 atom stereocenters. The van der Waals surface area contributed by atoms with E-state index in [1.807, 2.05) is 84.9 Å². The second-order valence-corrected chi connectivity index (χ2v) is 28.8. The maximum atomic E-state index is 14.1. The number of esters is 4. The number of unbranched alkanes of at least 4 members (excludes halogenated alkanes) is 12. The highest BCUT2D eigenvalue weighted by Crippen LogP contribution is 2.42. The third-order valence-electron chi connectivity index (χ3n) is 19.9. The van der Waals surface area contributed by atoms with Gasteiger partial charge in [0.1, 0.15) is 0 Å². The number of hydrazone groups is 2. The molecule has 105 heavy (non-hydrogen) atoms. The van der Waals surface area contributed by atoms with E-state index in [4.69, 9.17) is 29.2 Å². The van der Waals surface area contributed by atoms with E-state index in [0.717, 1.165) is 120 Å². The second kappa shape index (κ2) is 31.5. The lowest BCUT2D eigenvalue weighted by atomic mass is 10.0. The van der Waals surface area contributed by atoms with Crippen LogP contribution in [0.4, 0.5) is 11.4 Å². The van der Waals surface area contributed by atoms with Crippen molar-refractivity contribution in [1.29, 1.82) is 0 Å². The number of nitrogens with zero attached hydrogens (tertiary/aromatic N) is 2. The molecule has 0 aliphatic heterocycles. The summed E-state index contributed by atoms with van der Waals surface area (Å²) in [5.74, 6) is -2.85. The van der Waals surface area contributed by atoms with Crippen molar-refractivity contribution in [2.45, 2.75) is 139 Å². The van der Waals surface area contributed by atoms with Crippen LogP contribution in [0.25, 0.3) is 44.5 Å². The molecule has 0 aromatic heterocycles. The molecule has 0 amide bonds. The summed E-state index contributed by atoms with van der Waals surface area (Å²) in [6.45, 7) is 4.35. The van der Waals surface area contributed by atoms with Crippen molar-refractivity contribution in [3.8, 4) is 44.5 Å². The van der Waals surface area contributed by atoms with Crippen LogP contribution in [-0.4, -0.2) is 67.9 Å². The van der Waals surface area contributed by atoms with Crippen LogP contribution in [0, 0.1) is 0 Å². The first kappa shape index (κ1) is 70.4. The minimum atomic E-state index is -3.99. The summed E-state index contributed by atoms with van der Waals surface area (Å²) in [5.41, 5.74) is 20.8. The number of nitrogens with one attached hydrogen (secondary N) is 2. The Morgan fingerprint density at radius 3 is 0.905 bits per heavy atom. The number of rotatable bonds is 30. The SMILES string of the molecule is CCCCCCCCCC(OC(=O)c1ccc2c(c1)-c1ccccc1C2=O)OC(=O)c1ccc2c(c1)-c1ccccc1/C2=N\Nc1ccc(S(=O)(=O)c2ccc(N/N=C3\c4ccccc4-c4cc(C(=O)OC(CCCCCCCCC)OC(=O)c5ccc6c(c5)-c5ccccc5C6=O)ccc43)cc2)cc1. The summed E-state index contributed by atoms with van der Waals surface area (Å²) < 4.78 is 52.3. The minimum absolute atomic E-state index is 0.0671. The van der Waals surface area contributed by atoms with Crippen molar-refractivity contribution in [1.82, 2.24) is 0 Å². The van der Waals surface area contributed by atoms with Crippen LogP contribution in [0.3, 0.4) is 0 Å². The van der Waals surface area contributed by atoms with Gasteiger partial charge in [-0.2, -0.15) is 10.2 Å². The largest absolute Gasteiger partial charge is 0.422 e. The average molecular weight is 1420 g/mol. The fourth-order valence-corrected chi connectivity index (χ4v) is 15.5. The molecule has 16 nitrogen and oxygen atoms in total. The first-order valence-electron chi connectivity index (χ1n) is 36.3. The molecule has 528 valence electrons. The molecule has 0 saturated heterocycles. The fourth-order valence-electron chi connectivity index (χ4n) is 14.3. The highest BCUT2D eigenvalue weighted by Gasteiger charge is 2.34. The summed E-state index contributed by atoms with van der Waals surface area (Å²) in [6.07, 6.45) is 12.5. The summed E-state index contributed by atoms with van der Waals surface area (Å²) in [4.78, 5) is 82.4. The molecular weight excluding hydrogens is 1340 g/mol. The molecule has 10 aromatic carbocycles. The number of carbonyl (C=O) groups excluding carboxylic acids is 6. The van der Waals surface area contributed by atoms with Crippen molar-refractivity contribution >= 4 is 68.1 Å². The standard InChI is InChI=1S/C88H78N4O12S/c1-3-5-7-9-11-13-15-33-79(103-87(97)57-37-49-73-77(53-57)65-27-19-23-31-71(65)83(73)93)101-85(95)55-35-47-69-75(51-55)63-25-17-21-29-67(63)81(69)91-89-59-39-43-61(44-40-59)105(99,100)62-45-41-60(42-46-62)90-92-82-68-30-22-18-26-64(68)76-52-56(36-48-70(76)82)86(96)102-80(34-16-14-12-10-8-6-4-2)104-88(98)58-38-50-74-78(54-58)66-28-20-24-32-72(66)84(74)94/h17-32,35-54,79-80,89-90H,3-16,33-34H2,1-2H3/b91-81+,92-82+. The molecule has 0 spiro atoms. The maximum Gasteiger partial charge on any atom is 0.341 e. The third-order valence-corrected chi connectivity index (χ3v) is 21.6. The van der Waals surface area contributed by atoms with Crippen molar-refractivity contribution < 1.29 is 56.1 Å². The Bertz CT molecular complexity index is 4920. The quantitative estimate of drug-likeness (QED) is 0.0185. The van der Waals surface area contributed by atoms with E-state index >= 15 is 0 Å². The van der Waals surface area contributed by atoms with Gasteiger partial charge in [-0.25, -0.2) is 27.6 Å². The second-order valence-electron chi connectivity index (χ2n) is 26.9. The lowest BCUT2D eigenvalue weighted by Gasteiger charge is -2.19. The van der Waals surface area contributed by atoms with Crippen molar-refractivity contribution in [3.05, 3.63) is 285 Å². The predicted octanol–water partition coefficient (Wildman–Crippen LogP) is 19.6. The van der Waals surface area contributed by atoms with Crippen molar-refractivity contribution in [3.63, 3.8) is 0 Å². The van der Waals surface area contributed by atoms with Crippen LogP contribution in [0.1, 0.15) is 212 Å². The normalized spacial score (nSPS) is 13.9. The van der Waals surface area contributed by atoms with Crippen LogP contribution in [-0.2, 0) is 28.8 Å². The minimum Gasteiger partial charge on any atom is -0.422 e. The zero-order chi connectivity index (χ0) is 72.6. The molecule has 0 bridgehead atoms. The number of carbonyl (C=O) groups is 6. The lowest BCUT2D eigenvalue weighted by Crippen LogP contribution is -2.25. The Morgan fingerprint density at radius 2 is 0.571 bits per heavy atom. The predicted molar refractivity (Wildman–Crippen MR) is 406 cm³/mol. The molecule has 17 heteroatoms. The molecule has 4 aliphatic carbocycles. The molecule has 14 rings (SSSR count). The van der Waals surface area contributed by atoms with Crippen LogP contribution < -0.4 is 10.9 Å². The summed E-state index contributed by atoms with van der Waals surface area (Å²) in [5, 5.41) is 9.66. The number of sulfone groups is 1. The number of ether oxygens (including phenoxy) is 4. The molecule has 10 aromatic rings. The monoisotopic (exact) mass is 1410 g/mol. The van der Waals surface area contributed by atoms with Gasteiger partial charge < -0.3 is 18.9 Å². The van der Waals surface area contributed by atoms with Gasteiger partial charge in [0.2, 0.25) is 22.4 Å². The third kappa shape index (κ3) is 15.0. The van der Waals surface area contributed by atoms with E-state index in [2.05, 4.69) is 24.7 Å². The molecule has 2 N–H and O–H groups in total. The van der Waals surface area contributed by atoms with Gasteiger partial charge in [-0.1, -0.05) is 200 Å². The average Bonchev–Trinajstić information content (AvgIpc) is 1.64. The fraction of sp³-hybridized carbons (Fsp3) is 0.227. The van der Waals surface area contributed by atoms with E-state index < -0.39 is 46.3 Å². The smallest absolute Gasteiger partial charge is 0.341 e. The van der Waals surface area contributed by atoms with Gasteiger partial charge in [-0.05, 0) is 167 Å². The van der Waals surface area contributed by atoms with Gasteiger partial charge in [0.05, 0.1) is 54.8 Å². The Hall–Kier alpha value is -11.7. The lowest BCUT2D eigenvalue weighted by molar-refractivity contribution is -0.0851. The van der Waals surface area contributed by atoms with E-state index in [-0.39, 0.29) is 43.6 Å². The molecule has 2 unspecified atom stereocenters. The van der Waals surface area contributed by atoms with Gasteiger partial charge in [0.25, 0.3) is 0 Å². The van der Waals surface area contributed by atoms with Crippen LogP contribution in [0.15, 0.2) is 238 Å². The van der Waals surface area contributed by atoms with E-state index in [9.17, 15) is 37.2 Å². The molecule has 0 saturated carbocycles. The van der Waals surface area contributed by atoms with E-state index in [1.165, 1.54) is 37.1 Å². The van der Waals surface area contributed by atoms with E-state index in [0.29, 0.717) is 81.9 Å². The summed E-state index contributed by atoms with van der Waals surface area (Å²) >= 11 is 0. The first-order valence-corrected chi connectivity index (χ1v) is 37.7. The number of hydrogen-bond donors (Lipinski definition) is 2. The van der Waals surface area contributed by atoms with Gasteiger partial charge in [-0.15, -0.1) is 0 Å². The van der Waals surface area contributed by atoms with Crippen LogP contribution >= 0.6 is 0 Å². The zero-order valence-corrected chi connectivity index (χ0v) is 59.3. The van der Waals surface area contributed by atoms with Crippen molar-refractivity contribution in [2.75, 3.05) is 10.9 Å². The Morgan fingerprint density at radius 1 is 0.314 bits per heavy atom. The summed E-state index contributed by atoms with van der Waals surface area (Å²) in [7, 11) is -3.99. The molecular formula is C88H78N4O12S. The topological polar surface area (TPSA) is 222 Å². The Balaban J connectivity index is 0.620. The van der Waals surface area contributed by atoms with Gasteiger partial charge in [0, 0.05) is 57.3 Å². The maximum absolute atomic E-state index is 14.1. The summed E-state index contributed by atoms with van der Waals surface area (Å²) in [6, 6.07) is 62.8. The first-order chi connectivity index (χ1) is 51.2. The van der Waals surface area contributed by atoms with Gasteiger partial charge >= 0.3 is 23.9 Å². The number of hydrogen-bond acceptors (Lipinski definition) is 16. The highest BCUT2D eigenvalue weighted by atomic mass is 32.2. The van der Waals surface area contributed by atoms with Crippen LogP contribution in [0.5, 0.6) is 0 Å². The Kier molecular flexibility index (Phi) is 21.1. The number of fused-ring (bicyclic) bond motifs is 12. The molecule has 0 heterocycles. The number of anilines is 2. The van der Waals surface area contributed by atoms with Gasteiger partial charge in [0.15, 0.2) is 11.6 Å². The number of benzene rings is 10. The zero-order valence-electron chi connectivity index (χ0n) is 58.5. The molecule has 4 aliphatic rings. The molecule has 0 radical (unpaired) electrons. The van der Waals surface area contributed by atoms with Crippen LogP contribution in [0.2, 0.25) is 0 Å². The van der Waals surface area contributed by atoms with Crippen molar-refractivity contribution in [2.24, 2.45) is 10.2 Å². The number of ketones is 2. The Labute approximate surface area is 610 Å². The van der Waals surface area contributed by atoms with E-state index in [1.54, 1.807) is 109 Å². The highest BCUT2D eigenvalue weighted by molar-refractivity contribution is 7.91.